The zero-order valence-corrected chi connectivity index (χ0v) is 10.5. The molecule has 0 aliphatic rings. The first-order valence-electron chi connectivity index (χ1n) is 5.30. The second-order valence-electron chi connectivity index (χ2n) is 4.26. The SMILES string of the molecule is Cn1ncnc1CC(C)(O)c1ccc(Cl)cc1. The van der Waals surface area contributed by atoms with Crippen LogP contribution in [0.25, 0.3) is 0 Å². The Morgan fingerprint density at radius 2 is 2.00 bits per heavy atom. The van der Waals surface area contributed by atoms with Gasteiger partial charge in [-0.2, -0.15) is 5.10 Å². The van der Waals surface area contributed by atoms with Crippen LogP contribution in [0.15, 0.2) is 30.6 Å². The van der Waals surface area contributed by atoms with Crippen molar-refractivity contribution in [2.75, 3.05) is 0 Å². The molecule has 0 spiro atoms. The van der Waals surface area contributed by atoms with Crippen LogP contribution in [-0.4, -0.2) is 19.9 Å². The van der Waals surface area contributed by atoms with Crippen molar-refractivity contribution in [2.24, 2.45) is 7.05 Å². The quantitative estimate of drug-likeness (QED) is 0.907. The van der Waals surface area contributed by atoms with Gasteiger partial charge in [0.2, 0.25) is 0 Å². The van der Waals surface area contributed by atoms with Gasteiger partial charge in [-0.1, -0.05) is 23.7 Å². The van der Waals surface area contributed by atoms with Crippen molar-refractivity contribution in [3.63, 3.8) is 0 Å². The molecule has 0 amide bonds. The molecule has 1 atom stereocenters. The summed E-state index contributed by atoms with van der Waals surface area (Å²) in [6.45, 7) is 1.75. The predicted octanol–water partition coefficient (Wildman–Crippen LogP) is 1.92. The summed E-state index contributed by atoms with van der Waals surface area (Å²) < 4.78 is 1.66. The average Bonchev–Trinajstić information content (AvgIpc) is 2.64. The Morgan fingerprint density at radius 3 is 2.53 bits per heavy atom. The first kappa shape index (κ1) is 12.1. The summed E-state index contributed by atoms with van der Waals surface area (Å²) in [7, 11) is 1.81. The first-order valence-corrected chi connectivity index (χ1v) is 5.68. The lowest BCUT2D eigenvalue weighted by atomic mass is 9.92. The third kappa shape index (κ3) is 2.65. The Bertz CT molecular complexity index is 505. The number of aromatic nitrogens is 3. The summed E-state index contributed by atoms with van der Waals surface area (Å²) >= 11 is 5.82. The molecule has 1 unspecified atom stereocenters. The fourth-order valence-electron chi connectivity index (χ4n) is 1.70. The van der Waals surface area contributed by atoms with Crippen LogP contribution in [0.3, 0.4) is 0 Å². The smallest absolute Gasteiger partial charge is 0.138 e. The van der Waals surface area contributed by atoms with Crippen molar-refractivity contribution in [1.82, 2.24) is 14.8 Å². The van der Waals surface area contributed by atoms with Crippen molar-refractivity contribution in [3.05, 3.63) is 47.0 Å². The van der Waals surface area contributed by atoms with Crippen LogP contribution in [-0.2, 0) is 19.1 Å². The number of rotatable bonds is 3. The van der Waals surface area contributed by atoms with Crippen molar-refractivity contribution < 1.29 is 5.11 Å². The highest BCUT2D eigenvalue weighted by Crippen LogP contribution is 2.25. The van der Waals surface area contributed by atoms with Gasteiger partial charge in [0.1, 0.15) is 12.2 Å². The first-order chi connectivity index (χ1) is 7.99. The second-order valence-corrected chi connectivity index (χ2v) is 4.69. The van der Waals surface area contributed by atoms with Crippen LogP contribution >= 0.6 is 11.6 Å². The van der Waals surface area contributed by atoms with Gasteiger partial charge in [0.05, 0.1) is 5.60 Å². The van der Waals surface area contributed by atoms with Crippen LogP contribution < -0.4 is 0 Å². The summed E-state index contributed by atoms with van der Waals surface area (Å²) in [5.41, 5.74) is -0.171. The molecule has 0 bridgehead atoms. The van der Waals surface area contributed by atoms with Crippen LogP contribution in [0, 0.1) is 0 Å². The van der Waals surface area contributed by atoms with Gasteiger partial charge in [0.15, 0.2) is 0 Å². The molecule has 0 fully saturated rings. The lowest BCUT2D eigenvalue weighted by Gasteiger charge is -2.23. The molecular weight excluding hydrogens is 238 g/mol. The maximum Gasteiger partial charge on any atom is 0.138 e. The van der Waals surface area contributed by atoms with Gasteiger partial charge in [0.25, 0.3) is 0 Å². The molecule has 1 heterocycles. The van der Waals surface area contributed by atoms with Crippen molar-refractivity contribution in [1.29, 1.82) is 0 Å². The number of halogens is 1. The fourth-order valence-corrected chi connectivity index (χ4v) is 1.83. The van der Waals surface area contributed by atoms with E-state index >= 15 is 0 Å². The fraction of sp³-hybridized carbons (Fsp3) is 0.333. The molecule has 2 rings (SSSR count). The zero-order valence-electron chi connectivity index (χ0n) is 9.76. The van der Waals surface area contributed by atoms with Crippen LogP contribution in [0.5, 0.6) is 0 Å². The lowest BCUT2D eigenvalue weighted by Crippen LogP contribution is -2.26. The van der Waals surface area contributed by atoms with E-state index in [4.69, 9.17) is 11.6 Å². The van der Waals surface area contributed by atoms with E-state index in [0.29, 0.717) is 11.4 Å². The molecule has 0 radical (unpaired) electrons. The van der Waals surface area contributed by atoms with Gasteiger partial charge in [-0.3, -0.25) is 4.68 Å². The molecule has 1 N–H and O–H groups in total. The van der Waals surface area contributed by atoms with Crippen LogP contribution in [0.1, 0.15) is 18.3 Å². The standard InChI is InChI=1S/C12H14ClN3O/c1-12(17,7-11-14-8-15-16(11)2)9-3-5-10(13)6-4-9/h3-6,8,17H,7H2,1-2H3. The summed E-state index contributed by atoms with van der Waals surface area (Å²) in [5.74, 6) is 0.741. The van der Waals surface area contributed by atoms with Gasteiger partial charge in [-0.15, -0.1) is 0 Å². The molecule has 1 aromatic heterocycles. The van der Waals surface area contributed by atoms with E-state index in [1.165, 1.54) is 6.33 Å². The second kappa shape index (κ2) is 4.47. The molecule has 1 aromatic carbocycles. The largest absolute Gasteiger partial charge is 0.385 e. The van der Waals surface area contributed by atoms with E-state index in [9.17, 15) is 5.11 Å². The highest BCUT2D eigenvalue weighted by molar-refractivity contribution is 6.30. The lowest BCUT2D eigenvalue weighted by molar-refractivity contribution is 0.0545. The summed E-state index contributed by atoms with van der Waals surface area (Å²) in [5, 5.41) is 15.1. The summed E-state index contributed by atoms with van der Waals surface area (Å²) in [6.07, 6.45) is 1.89. The van der Waals surface area contributed by atoms with Gasteiger partial charge in [-0.05, 0) is 24.6 Å². The Hall–Kier alpha value is -1.39. The number of hydrogen-bond acceptors (Lipinski definition) is 3. The Labute approximate surface area is 105 Å². The molecule has 0 saturated carbocycles. The van der Waals surface area contributed by atoms with E-state index in [2.05, 4.69) is 10.1 Å². The average molecular weight is 252 g/mol. The number of benzene rings is 1. The van der Waals surface area contributed by atoms with E-state index in [-0.39, 0.29) is 0 Å². The number of hydrogen-bond donors (Lipinski definition) is 1. The Morgan fingerprint density at radius 1 is 1.35 bits per heavy atom. The van der Waals surface area contributed by atoms with Crippen LogP contribution in [0.4, 0.5) is 0 Å². The molecular formula is C12H14ClN3O. The van der Waals surface area contributed by atoms with Gasteiger partial charge in [-0.25, -0.2) is 4.98 Å². The van der Waals surface area contributed by atoms with E-state index in [1.54, 1.807) is 30.8 Å². The molecule has 0 aliphatic heterocycles. The van der Waals surface area contributed by atoms with E-state index < -0.39 is 5.60 Å². The van der Waals surface area contributed by atoms with Gasteiger partial charge >= 0.3 is 0 Å². The third-order valence-corrected chi connectivity index (χ3v) is 3.03. The Kier molecular flexibility index (Phi) is 3.17. The number of aliphatic hydroxyl groups is 1. The molecule has 90 valence electrons. The van der Waals surface area contributed by atoms with Gasteiger partial charge in [0, 0.05) is 18.5 Å². The Balaban J connectivity index is 2.24. The topological polar surface area (TPSA) is 50.9 Å². The van der Waals surface area contributed by atoms with Gasteiger partial charge < -0.3 is 5.11 Å². The molecule has 17 heavy (non-hydrogen) atoms. The normalized spacial score (nSPS) is 14.6. The molecule has 2 aromatic rings. The third-order valence-electron chi connectivity index (χ3n) is 2.77. The maximum absolute atomic E-state index is 10.4. The van der Waals surface area contributed by atoms with Crippen molar-refractivity contribution >= 4 is 11.6 Å². The number of nitrogens with zero attached hydrogens (tertiary/aromatic N) is 3. The predicted molar refractivity (Wildman–Crippen MR) is 65.7 cm³/mol. The number of aryl methyl sites for hydroxylation is 1. The van der Waals surface area contributed by atoms with E-state index in [0.717, 1.165) is 11.4 Å². The van der Waals surface area contributed by atoms with Crippen LogP contribution in [0.2, 0.25) is 5.02 Å². The zero-order chi connectivity index (χ0) is 12.5. The summed E-state index contributed by atoms with van der Waals surface area (Å²) in [6, 6.07) is 7.17. The minimum Gasteiger partial charge on any atom is -0.385 e. The molecule has 4 nitrogen and oxygen atoms in total. The minimum absolute atomic E-state index is 0.408. The van der Waals surface area contributed by atoms with E-state index in [1.807, 2.05) is 12.1 Å². The highest BCUT2D eigenvalue weighted by Gasteiger charge is 2.25. The molecule has 0 saturated heterocycles. The van der Waals surface area contributed by atoms with Crippen molar-refractivity contribution in [2.45, 2.75) is 18.9 Å². The van der Waals surface area contributed by atoms with Crippen molar-refractivity contribution in [3.8, 4) is 0 Å². The molecule has 0 aliphatic carbocycles. The minimum atomic E-state index is -0.981. The summed E-state index contributed by atoms with van der Waals surface area (Å²) in [4.78, 5) is 4.11. The molecule has 5 heteroatoms. The maximum atomic E-state index is 10.4. The highest BCUT2D eigenvalue weighted by atomic mass is 35.5. The monoisotopic (exact) mass is 251 g/mol.